The summed E-state index contributed by atoms with van der Waals surface area (Å²) in [7, 11) is 0. The maximum Gasteiger partial charge on any atom is 0.317 e. The van der Waals surface area contributed by atoms with Gasteiger partial charge in [0.05, 0.1) is 11.6 Å². The molecule has 6 nitrogen and oxygen atoms in total. The van der Waals surface area contributed by atoms with Gasteiger partial charge in [-0.05, 0) is 30.5 Å². The predicted octanol–water partition coefficient (Wildman–Crippen LogP) is 2.77. The number of likely N-dealkylation sites (tertiary alicyclic amines) is 1. The summed E-state index contributed by atoms with van der Waals surface area (Å²) in [5, 5.41) is 11.4. The van der Waals surface area contributed by atoms with E-state index in [1.54, 1.807) is 11.0 Å². The Hall–Kier alpha value is -2.12. The van der Waals surface area contributed by atoms with Crippen LogP contribution in [0.25, 0.3) is 0 Å². The predicted molar refractivity (Wildman–Crippen MR) is 84.7 cm³/mol. The van der Waals surface area contributed by atoms with Gasteiger partial charge in [0.2, 0.25) is 0 Å². The van der Waals surface area contributed by atoms with Crippen LogP contribution in [-0.2, 0) is 4.79 Å². The van der Waals surface area contributed by atoms with Crippen LogP contribution in [0.5, 0.6) is 0 Å². The second-order valence-electron chi connectivity index (χ2n) is 5.89. The number of piperidine rings is 1. The fourth-order valence-electron chi connectivity index (χ4n) is 3.20. The van der Waals surface area contributed by atoms with Gasteiger partial charge in [0.1, 0.15) is 11.6 Å². The second-order valence-corrected chi connectivity index (χ2v) is 6.30. The number of carboxylic acid groups (broad SMARTS) is 1. The summed E-state index contributed by atoms with van der Waals surface area (Å²) in [5.41, 5.74) is 0.341. The van der Waals surface area contributed by atoms with Crippen molar-refractivity contribution in [2.45, 2.75) is 24.8 Å². The van der Waals surface area contributed by atoms with Gasteiger partial charge in [-0.15, -0.1) is 0 Å². The van der Waals surface area contributed by atoms with E-state index in [0.29, 0.717) is 30.7 Å². The van der Waals surface area contributed by atoms with Crippen LogP contribution in [0.1, 0.15) is 36.1 Å². The van der Waals surface area contributed by atoms with Crippen molar-refractivity contribution in [2.24, 2.45) is 0 Å². The van der Waals surface area contributed by atoms with Crippen molar-refractivity contribution < 1.29 is 18.8 Å². The zero-order valence-electron chi connectivity index (χ0n) is 12.7. The highest BCUT2D eigenvalue weighted by atomic mass is 35.5. The molecule has 1 saturated heterocycles. The number of H-pyrrole nitrogens is 1. The van der Waals surface area contributed by atoms with Gasteiger partial charge in [0.15, 0.2) is 0 Å². The highest BCUT2D eigenvalue weighted by molar-refractivity contribution is 6.30. The van der Waals surface area contributed by atoms with E-state index in [4.69, 9.17) is 21.2 Å². The normalized spacial score (nSPS) is 21.8. The van der Waals surface area contributed by atoms with Crippen LogP contribution < -0.4 is 5.56 Å². The molecular formula is C16H16ClFN2O4. The first-order valence-electron chi connectivity index (χ1n) is 7.53. The molecule has 128 valence electrons. The van der Waals surface area contributed by atoms with E-state index in [1.807, 2.05) is 0 Å². The minimum atomic E-state index is -0.943. The average Bonchev–Trinajstić information content (AvgIpc) is 2.96. The summed E-state index contributed by atoms with van der Waals surface area (Å²) in [5.74, 6) is -0.993. The lowest BCUT2D eigenvalue weighted by atomic mass is 9.85. The molecule has 0 radical (unpaired) electrons. The monoisotopic (exact) mass is 354 g/mol. The van der Waals surface area contributed by atoms with Gasteiger partial charge < -0.3 is 9.63 Å². The molecule has 0 amide bonds. The van der Waals surface area contributed by atoms with Crippen molar-refractivity contribution in [1.29, 1.82) is 0 Å². The first-order valence-corrected chi connectivity index (χ1v) is 7.91. The summed E-state index contributed by atoms with van der Waals surface area (Å²) in [6, 6.07) is 5.59. The van der Waals surface area contributed by atoms with E-state index >= 15 is 0 Å². The fourth-order valence-corrected chi connectivity index (χ4v) is 3.32. The molecular weight excluding hydrogens is 339 g/mol. The summed E-state index contributed by atoms with van der Waals surface area (Å²) >= 11 is 5.73. The second kappa shape index (κ2) is 6.78. The lowest BCUT2D eigenvalue weighted by molar-refractivity contribution is -0.139. The van der Waals surface area contributed by atoms with Crippen molar-refractivity contribution in [2.75, 3.05) is 13.1 Å². The van der Waals surface area contributed by atoms with Crippen LogP contribution in [0, 0.1) is 5.82 Å². The van der Waals surface area contributed by atoms with Crippen LogP contribution in [0.2, 0.25) is 5.02 Å². The maximum atomic E-state index is 13.8. The third-order valence-corrected chi connectivity index (χ3v) is 4.63. The SMILES string of the molecule is O=C(O)CN1CCC(c2cc(=O)[nH]o2)CC1c1ccc(Cl)c(F)c1. The minimum Gasteiger partial charge on any atom is -0.480 e. The number of aliphatic carboxylic acids is 1. The summed E-state index contributed by atoms with van der Waals surface area (Å²) in [6.45, 7) is 0.361. The van der Waals surface area contributed by atoms with Crippen LogP contribution in [0.3, 0.4) is 0 Å². The van der Waals surface area contributed by atoms with E-state index < -0.39 is 11.8 Å². The Morgan fingerprint density at radius 2 is 2.25 bits per heavy atom. The van der Waals surface area contributed by atoms with Crippen LogP contribution in [-0.4, -0.2) is 34.2 Å². The zero-order chi connectivity index (χ0) is 17.3. The Labute approximate surface area is 141 Å². The number of carboxylic acids is 1. The number of halogens is 2. The highest BCUT2D eigenvalue weighted by Crippen LogP contribution is 2.39. The van der Waals surface area contributed by atoms with Gasteiger partial charge in [-0.2, -0.15) is 5.16 Å². The molecule has 1 aromatic carbocycles. The largest absolute Gasteiger partial charge is 0.480 e. The molecule has 2 N–H and O–H groups in total. The maximum absolute atomic E-state index is 13.8. The van der Waals surface area contributed by atoms with Crippen molar-refractivity contribution in [3.63, 3.8) is 0 Å². The van der Waals surface area contributed by atoms with E-state index in [0.717, 1.165) is 0 Å². The summed E-state index contributed by atoms with van der Waals surface area (Å²) in [4.78, 5) is 24.2. The van der Waals surface area contributed by atoms with Crippen molar-refractivity contribution in [1.82, 2.24) is 10.1 Å². The molecule has 24 heavy (non-hydrogen) atoms. The van der Waals surface area contributed by atoms with E-state index in [9.17, 15) is 14.0 Å². The number of benzene rings is 1. The van der Waals surface area contributed by atoms with Gasteiger partial charge in [0.25, 0.3) is 5.56 Å². The Kier molecular flexibility index (Phi) is 4.73. The molecule has 8 heteroatoms. The van der Waals surface area contributed by atoms with Gasteiger partial charge in [-0.3, -0.25) is 14.5 Å². The van der Waals surface area contributed by atoms with Gasteiger partial charge in [-0.1, -0.05) is 17.7 Å². The molecule has 2 unspecified atom stereocenters. The molecule has 2 aromatic rings. The third-order valence-electron chi connectivity index (χ3n) is 4.33. The molecule has 0 spiro atoms. The Morgan fingerprint density at radius 1 is 1.46 bits per heavy atom. The average molecular weight is 355 g/mol. The van der Waals surface area contributed by atoms with E-state index in [-0.39, 0.29) is 29.1 Å². The molecule has 0 bridgehead atoms. The number of nitrogens with one attached hydrogen (secondary N) is 1. The number of hydrogen-bond donors (Lipinski definition) is 2. The number of carbonyl (C=O) groups is 1. The van der Waals surface area contributed by atoms with Gasteiger partial charge >= 0.3 is 5.97 Å². The van der Waals surface area contributed by atoms with E-state index in [1.165, 1.54) is 18.2 Å². The Balaban J connectivity index is 1.90. The summed E-state index contributed by atoms with van der Waals surface area (Å²) < 4.78 is 19.0. The number of nitrogens with zero attached hydrogens (tertiary/aromatic N) is 1. The quantitative estimate of drug-likeness (QED) is 0.881. The molecule has 2 atom stereocenters. The molecule has 1 fully saturated rings. The lowest BCUT2D eigenvalue weighted by Crippen LogP contribution is -2.39. The molecule has 1 aromatic heterocycles. The van der Waals surface area contributed by atoms with Crippen LogP contribution in [0.4, 0.5) is 4.39 Å². The van der Waals surface area contributed by atoms with Crippen molar-refractivity contribution >= 4 is 17.6 Å². The zero-order valence-corrected chi connectivity index (χ0v) is 13.4. The fraction of sp³-hybridized carbons (Fsp3) is 0.375. The van der Waals surface area contributed by atoms with E-state index in [2.05, 4.69) is 5.16 Å². The number of aromatic nitrogens is 1. The summed E-state index contributed by atoms with van der Waals surface area (Å²) in [6.07, 6.45) is 1.18. The molecule has 1 aliphatic heterocycles. The molecule has 1 aliphatic rings. The molecule has 0 aliphatic carbocycles. The van der Waals surface area contributed by atoms with Crippen molar-refractivity contribution in [3.8, 4) is 0 Å². The van der Waals surface area contributed by atoms with Crippen molar-refractivity contribution in [3.05, 3.63) is 56.8 Å². The Morgan fingerprint density at radius 3 is 2.88 bits per heavy atom. The molecule has 0 saturated carbocycles. The van der Waals surface area contributed by atoms with Gasteiger partial charge in [0, 0.05) is 24.6 Å². The Bertz CT molecular complexity index is 803. The molecule has 3 rings (SSSR count). The molecule has 2 heterocycles. The van der Waals surface area contributed by atoms with Crippen LogP contribution in [0.15, 0.2) is 33.6 Å². The first-order chi connectivity index (χ1) is 11.4. The number of rotatable bonds is 4. The number of aromatic amines is 1. The third kappa shape index (κ3) is 3.52. The lowest BCUT2D eigenvalue weighted by Gasteiger charge is -2.38. The smallest absolute Gasteiger partial charge is 0.317 e. The topological polar surface area (TPSA) is 86.5 Å². The number of hydrogen-bond acceptors (Lipinski definition) is 4. The van der Waals surface area contributed by atoms with Gasteiger partial charge in [-0.25, -0.2) is 4.39 Å². The minimum absolute atomic E-state index is 0.0209. The standard InChI is InChI=1S/C16H16ClFN2O4/c17-11-2-1-9(5-12(11)18)13-6-10(14-7-15(21)19-24-14)3-4-20(13)8-16(22)23/h1-2,5,7,10,13H,3-4,6,8H2,(H,19,21)(H,22,23). The first kappa shape index (κ1) is 16.7. The van der Waals surface area contributed by atoms with Crippen LogP contribution >= 0.6 is 11.6 Å². The highest BCUT2D eigenvalue weighted by Gasteiger charge is 2.33.